The van der Waals surface area contributed by atoms with Crippen molar-refractivity contribution >= 4 is 11.6 Å². The molecule has 1 aliphatic heterocycles. The molecule has 1 amide bonds. The van der Waals surface area contributed by atoms with Crippen LogP contribution in [0.4, 0.5) is 0 Å². The number of hydrogen-bond donors (Lipinski definition) is 0. The summed E-state index contributed by atoms with van der Waals surface area (Å²) in [6, 6.07) is 15.7. The van der Waals surface area contributed by atoms with Gasteiger partial charge in [-0.05, 0) is 37.1 Å². The van der Waals surface area contributed by atoms with Crippen molar-refractivity contribution in [3.05, 3.63) is 78.5 Å². The number of benzene rings is 1. The minimum absolute atomic E-state index is 0.0145. The summed E-state index contributed by atoms with van der Waals surface area (Å²) in [6.07, 6.45) is 7.38. The van der Waals surface area contributed by atoms with Crippen molar-refractivity contribution in [3.8, 4) is 5.69 Å². The van der Waals surface area contributed by atoms with Gasteiger partial charge in [-0.1, -0.05) is 24.3 Å². The highest BCUT2D eigenvalue weighted by molar-refractivity contribution is 5.94. The van der Waals surface area contributed by atoms with Gasteiger partial charge < -0.3 is 4.90 Å². The number of hydrogen-bond acceptors (Lipinski definition) is 4. The topological polar surface area (TPSA) is 68.3 Å². The summed E-state index contributed by atoms with van der Waals surface area (Å²) in [4.78, 5) is 15.0. The average molecular weight is 372 g/mol. The second-order valence-electron chi connectivity index (χ2n) is 7.09. The molecule has 4 heterocycles. The van der Waals surface area contributed by atoms with E-state index in [2.05, 4.69) is 15.3 Å². The fraction of sp³-hybridized carbons (Fsp3) is 0.238. The monoisotopic (exact) mass is 372 g/mol. The maximum absolute atomic E-state index is 13.1. The Morgan fingerprint density at radius 3 is 2.79 bits per heavy atom. The van der Waals surface area contributed by atoms with Crippen LogP contribution in [-0.2, 0) is 0 Å². The Hall–Kier alpha value is -3.48. The van der Waals surface area contributed by atoms with Crippen LogP contribution in [-0.4, -0.2) is 48.3 Å². The van der Waals surface area contributed by atoms with Gasteiger partial charge in [-0.2, -0.15) is 5.10 Å². The second kappa shape index (κ2) is 6.92. The van der Waals surface area contributed by atoms with E-state index in [9.17, 15) is 4.79 Å². The molecule has 28 heavy (non-hydrogen) atoms. The summed E-state index contributed by atoms with van der Waals surface area (Å²) < 4.78 is 3.76. The summed E-state index contributed by atoms with van der Waals surface area (Å²) in [7, 11) is 0. The highest BCUT2D eigenvalue weighted by atomic mass is 16.2. The van der Waals surface area contributed by atoms with Crippen molar-refractivity contribution in [2.45, 2.75) is 18.8 Å². The highest BCUT2D eigenvalue weighted by Gasteiger charge is 2.29. The minimum atomic E-state index is 0.0145. The van der Waals surface area contributed by atoms with Crippen LogP contribution in [0, 0.1) is 0 Å². The summed E-state index contributed by atoms with van der Waals surface area (Å²) in [5.41, 5.74) is 2.38. The average Bonchev–Trinajstić information content (AvgIpc) is 3.42. The van der Waals surface area contributed by atoms with Crippen LogP contribution in [0.3, 0.4) is 0 Å². The molecule has 1 aromatic carbocycles. The molecule has 7 nitrogen and oxygen atoms in total. The highest BCUT2D eigenvalue weighted by Crippen LogP contribution is 2.27. The molecule has 7 heteroatoms. The molecule has 140 valence electrons. The smallest absolute Gasteiger partial charge is 0.257 e. The van der Waals surface area contributed by atoms with Gasteiger partial charge in [0.2, 0.25) is 0 Å². The SMILES string of the molecule is O=C(c1cnn(-c2ccccc2)c1)N1CCC[C@H](c2nnc3ccccn23)C1. The van der Waals surface area contributed by atoms with E-state index < -0.39 is 0 Å². The van der Waals surface area contributed by atoms with Gasteiger partial charge in [-0.15, -0.1) is 10.2 Å². The summed E-state index contributed by atoms with van der Waals surface area (Å²) in [5, 5.41) is 13.0. The summed E-state index contributed by atoms with van der Waals surface area (Å²) >= 11 is 0. The van der Waals surface area contributed by atoms with Crippen molar-refractivity contribution in [3.63, 3.8) is 0 Å². The lowest BCUT2D eigenvalue weighted by Gasteiger charge is -2.31. The maximum Gasteiger partial charge on any atom is 0.257 e. The Bertz CT molecular complexity index is 1120. The number of piperidine rings is 1. The van der Waals surface area contributed by atoms with Gasteiger partial charge >= 0.3 is 0 Å². The zero-order chi connectivity index (χ0) is 18.9. The van der Waals surface area contributed by atoms with Crippen LogP contribution in [0.25, 0.3) is 11.3 Å². The number of fused-ring (bicyclic) bond motifs is 1. The Morgan fingerprint density at radius 1 is 1.04 bits per heavy atom. The molecule has 1 fully saturated rings. The van der Waals surface area contributed by atoms with Gasteiger partial charge in [-0.3, -0.25) is 9.20 Å². The number of nitrogens with zero attached hydrogens (tertiary/aromatic N) is 6. The molecule has 1 atom stereocenters. The summed E-state index contributed by atoms with van der Waals surface area (Å²) in [5.74, 6) is 1.12. The van der Waals surface area contributed by atoms with Crippen LogP contribution >= 0.6 is 0 Å². The number of carbonyl (C=O) groups excluding carboxylic acids is 1. The number of aromatic nitrogens is 5. The van der Waals surface area contributed by atoms with Crippen LogP contribution in [0.15, 0.2) is 67.1 Å². The van der Waals surface area contributed by atoms with Crippen molar-refractivity contribution < 1.29 is 4.79 Å². The van der Waals surface area contributed by atoms with E-state index in [-0.39, 0.29) is 11.8 Å². The Morgan fingerprint density at radius 2 is 1.89 bits per heavy atom. The fourth-order valence-corrected chi connectivity index (χ4v) is 3.85. The molecule has 5 rings (SSSR count). The lowest BCUT2D eigenvalue weighted by Crippen LogP contribution is -2.39. The van der Waals surface area contributed by atoms with E-state index in [4.69, 9.17) is 0 Å². The third-order valence-electron chi connectivity index (χ3n) is 5.26. The number of pyridine rings is 1. The van der Waals surface area contributed by atoms with Crippen molar-refractivity contribution in [2.75, 3.05) is 13.1 Å². The van der Waals surface area contributed by atoms with E-state index in [1.807, 2.05) is 64.0 Å². The molecule has 0 unspecified atom stereocenters. The number of rotatable bonds is 3. The molecule has 4 aromatic rings. The third kappa shape index (κ3) is 2.94. The third-order valence-corrected chi connectivity index (χ3v) is 5.26. The number of likely N-dealkylation sites (tertiary alicyclic amines) is 1. The fourth-order valence-electron chi connectivity index (χ4n) is 3.85. The molecule has 1 saturated heterocycles. The maximum atomic E-state index is 13.1. The first-order valence-corrected chi connectivity index (χ1v) is 9.48. The predicted octanol–water partition coefficient (Wildman–Crippen LogP) is 2.93. The molecule has 0 aliphatic carbocycles. The molecule has 3 aromatic heterocycles. The Kier molecular flexibility index (Phi) is 4.12. The largest absolute Gasteiger partial charge is 0.338 e. The van der Waals surface area contributed by atoms with Crippen molar-refractivity contribution in [2.24, 2.45) is 0 Å². The minimum Gasteiger partial charge on any atom is -0.338 e. The lowest BCUT2D eigenvalue weighted by atomic mass is 9.96. The molecule has 0 bridgehead atoms. The van der Waals surface area contributed by atoms with Crippen LogP contribution in [0.5, 0.6) is 0 Å². The van der Waals surface area contributed by atoms with Gasteiger partial charge in [0.1, 0.15) is 5.82 Å². The lowest BCUT2D eigenvalue weighted by molar-refractivity contribution is 0.0704. The summed E-state index contributed by atoms with van der Waals surface area (Å²) in [6.45, 7) is 1.40. The quantitative estimate of drug-likeness (QED) is 0.554. The van der Waals surface area contributed by atoms with E-state index in [1.165, 1.54) is 0 Å². The van der Waals surface area contributed by atoms with Gasteiger partial charge in [0.15, 0.2) is 5.65 Å². The Balaban J connectivity index is 1.36. The van der Waals surface area contributed by atoms with E-state index in [1.54, 1.807) is 17.1 Å². The van der Waals surface area contributed by atoms with E-state index >= 15 is 0 Å². The zero-order valence-corrected chi connectivity index (χ0v) is 15.3. The van der Waals surface area contributed by atoms with Crippen LogP contribution in [0.1, 0.15) is 34.9 Å². The molecular weight excluding hydrogens is 352 g/mol. The van der Waals surface area contributed by atoms with Gasteiger partial charge in [0, 0.05) is 31.4 Å². The van der Waals surface area contributed by atoms with Gasteiger partial charge in [-0.25, -0.2) is 4.68 Å². The van der Waals surface area contributed by atoms with Gasteiger partial charge in [0.05, 0.1) is 17.4 Å². The normalized spacial score (nSPS) is 17.1. The van der Waals surface area contributed by atoms with E-state index in [0.717, 1.165) is 36.5 Å². The zero-order valence-electron chi connectivity index (χ0n) is 15.3. The van der Waals surface area contributed by atoms with Crippen LogP contribution < -0.4 is 0 Å². The number of para-hydroxylation sites is 1. The first-order chi connectivity index (χ1) is 13.8. The van der Waals surface area contributed by atoms with Crippen molar-refractivity contribution in [1.29, 1.82) is 0 Å². The number of carbonyl (C=O) groups is 1. The Labute approximate surface area is 162 Å². The standard InChI is InChI=1S/C21H20N6O/c28-21(17-13-22-27(15-17)18-8-2-1-3-9-18)25-11-6-7-16(14-25)20-24-23-19-10-4-5-12-26(19)20/h1-5,8-10,12-13,15-16H,6-7,11,14H2/t16-/m0/s1. The van der Waals surface area contributed by atoms with Crippen LogP contribution in [0.2, 0.25) is 0 Å². The molecule has 0 radical (unpaired) electrons. The van der Waals surface area contributed by atoms with Gasteiger partial charge in [0.25, 0.3) is 5.91 Å². The first-order valence-electron chi connectivity index (χ1n) is 9.48. The first kappa shape index (κ1) is 16.7. The van der Waals surface area contributed by atoms with Crippen molar-refractivity contribution in [1.82, 2.24) is 29.3 Å². The number of amides is 1. The van der Waals surface area contributed by atoms with E-state index in [0.29, 0.717) is 12.1 Å². The second-order valence-corrected chi connectivity index (χ2v) is 7.09. The molecule has 1 aliphatic rings. The molecule has 0 spiro atoms. The predicted molar refractivity (Wildman–Crippen MR) is 104 cm³/mol. The molecular formula is C21H20N6O. The molecule has 0 saturated carbocycles. The molecule has 0 N–H and O–H groups in total.